The predicted octanol–water partition coefficient (Wildman–Crippen LogP) is 18.1. The Morgan fingerprint density at radius 3 is 0.729 bits per heavy atom. The van der Waals surface area contributed by atoms with Gasteiger partial charge in [0.1, 0.15) is 19.3 Å². The first kappa shape index (κ1) is 83.1. The van der Waals surface area contributed by atoms with E-state index in [1.165, 1.54) is 116 Å². The van der Waals surface area contributed by atoms with Crippen molar-refractivity contribution in [2.24, 2.45) is 23.7 Å². The summed E-state index contributed by atoms with van der Waals surface area (Å²) < 4.78 is 68.0. The fourth-order valence-electron chi connectivity index (χ4n) is 9.78. The zero-order valence-electron chi connectivity index (χ0n) is 55.2. The van der Waals surface area contributed by atoms with Gasteiger partial charge in [0.25, 0.3) is 0 Å². The molecule has 0 fully saturated rings. The molecule has 0 heterocycles. The van der Waals surface area contributed by atoms with Crippen molar-refractivity contribution >= 4 is 39.5 Å². The van der Waals surface area contributed by atoms with E-state index >= 15 is 0 Å². The van der Waals surface area contributed by atoms with Gasteiger partial charge in [-0.25, -0.2) is 9.13 Å². The third-order valence-electron chi connectivity index (χ3n) is 15.1. The number of hydrogen-bond acceptors (Lipinski definition) is 15. The second-order valence-corrected chi connectivity index (χ2v) is 28.7. The second kappa shape index (κ2) is 56.1. The average molecular weight is 1260 g/mol. The van der Waals surface area contributed by atoms with Crippen molar-refractivity contribution in [2.45, 2.75) is 337 Å². The van der Waals surface area contributed by atoms with Gasteiger partial charge in [0.05, 0.1) is 26.4 Å². The maximum atomic E-state index is 13.0. The largest absolute Gasteiger partial charge is 0.472 e. The molecule has 0 amide bonds. The Labute approximate surface area is 517 Å². The lowest BCUT2D eigenvalue weighted by molar-refractivity contribution is -0.161. The molecule has 0 aromatic rings. The van der Waals surface area contributed by atoms with Crippen molar-refractivity contribution in [3.63, 3.8) is 0 Å². The van der Waals surface area contributed by atoms with Crippen molar-refractivity contribution in [1.29, 1.82) is 0 Å². The highest BCUT2D eigenvalue weighted by Gasteiger charge is 2.30. The molecule has 0 radical (unpaired) electrons. The Balaban J connectivity index is 5.23. The van der Waals surface area contributed by atoms with Crippen LogP contribution in [-0.4, -0.2) is 96.7 Å². The van der Waals surface area contributed by atoms with Crippen LogP contribution in [0.15, 0.2) is 0 Å². The number of phosphoric ester groups is 2. The van der Waals surface area contributed by atoms with E-state index in [1.807, 2.05) is 0 Å². The zero-order valence-corrected chi connectivity index (χ0v) is 57.0. The average Bonchev–Trinajstić information content (AvgIpc) is 3.53. The third kappa shape index (κ3) is 60.7. The first-order valence-corrected chi connectivity index (χ1v) is 37.2. The lowest BCUT2D eigenvalue weighted by Gasteiger charge is -2.21. The molecule has 85 heavy (non-hydrogen) atoms. The standard InChI is InChI=1S/C66H128O17P2/c1-56(2)42-34-26-18-13-11-9-10-12-14-22-32-40-48-65(70)82-61(52-77-64(69)47-39-31-23-17-20-28-36-44-58(5)6)54-80-84(72,73)78-50-60(67)51-79-85(74,75)81-55-62(83-66(71)49-41-33-25-24-29-37-45-59(7)8)53-76-63(68)46-38-30-21-16-15-19-27-35-43-57(3)4/h56-62,67H,9-55H2,1-8H3,(H,72,73)(H,74,75)/t60?,61-,62-/m1/s1. The molecule has 0 bridgehead atoms. The maximum Gasteiger partial charge on any atom is 0.472 e. The molecule has 0 aromatic heterocycles. The fourth-order valence-corrected chi connectivity index (χ4v) is 11.4. The van der Waals surface area contributed by atoms with E-state index in [-0.39, 0.29) is 25.7 Å². The Morgan fingerprint density at radius 1 is 0.294 bits per heavy atom. The monoisotopic (exact) mass is 1250 g/mol. The first-order valence-electron chi connectivity index (χ1n) is 34.2. The van der Waals surface area contributed by atoms with E-state index in [2.05, 4.69) is 55.4 Å². The number of ether oxygens (including phenoxy) is 4. The molecule has 17 nitrogen and oxygen atoms in total. The highest BCUT2D eigenvalue weighted by molar-refractivity contribution is 7.47. The smallest absolute Gasteiger partial charge is 0.462 e. The number of rotatable bonds is 63. The van der Waals surface area contributed by atoms with E-state index in [4.69, 9.17) is 37.0 Å². The number of carbonyl (C=O) groups excluding carboxylic acids is 4. The molecule has 0 saturated heterocycles. The summed E-state index contributed by atoms with van der Waals surface area (Å²) in [7, 11) is -9.89. The van der Waals surface area contributed by atoms with Crippen LogP contribution in [0.3, 0.4) is 0 Å². The second-order valence-electron chi connectivity index (χ2n) is 25.8. The Kier molecular flexibility index (Phi) is 54.8. The molecule has 3 unspecified atom stereocenters. The van der Waals surface area contributed by atoms with E-state index in [1.54, 1.807) is 0 Å². The molecular formula is C66H128O17P2. The van der Waals surface area contributed by atoms with Gasteiger partial charge in [0, 0.05) is 25.7 Å². The lowest BCUT2D eigenvalue weighted by atomic mass is 10.0. The Hall–Kier alpha value is -1.94. The molecule has 5 atom stereocenters. The maximum absolute atomic E-state index is 13.0. The van der Waals surface area contributed by atoms with Gasteiger partial charge in [-0.2, -0.15) is 0 Å². The van der Waals surface area contributed by atoms with Gasteiger partial charge in [-0.3, -0.25) is 37.3 Å². The lowest BCUT2D eigenvalue weighted by Crippen LogP contribution is -2.30. The number of phosphoric acid groups is 2. The van der Waals surface area contributed by atoms with Gasteiger partial charge in [0.15, 0.2) is 12.2 Å². The minimum absolute atomic E-state index is 0.101. The molecule has 0 aliphatic rings. The van der Waals surface area contributed by atoms with Gasteiger partial charge >= 0.3 is 39.5 Å². The van der Waals surface area contributed by atoms with Gasteiger partial charge in [-0.1, -0.05) is 267 Å². The van der Waals surface area contributed by atoms with Crippen LogP contribution in [0.2, 0.25) is 0 Å². The summed E-state index contributed by atoms with van der Waals surface area (Å²) in [6, 6.07) is 0. The van der Waals surface area contributed by atoms with Crippen LogP contribution < -0.4 is 0 Å². The molecule has 0 aromatic carbocycles. The van der Waals surface area contributed by atoms with Crippen molar-refractivity contribution in [3.05, 3.63) is 0 Å². The minimum Gasteiger partial charge on any atom is -0.462 e. The summed E-state index contributed by atoms with van der Waals surface area (Å²) in [4.78, 5) is 72.3. The molecule has 0 rings (SSSR count). The number of aliphatic hydroxyl groups excluding tert-OH is 1. The molecule has 0 saturated carbocycles. The molecule has 0 aliphatic carbocycles. The topological polar surface area (TPSA) is 237 Å². The van der Waals surface area contributed by atoms with Crippen LogP contribution in [0.25, 0.3) is 0 Å². The summed E-state index contributed by atoms with van der Waals surface area (Å²) in [5.41, 5.74) is 0. The van der Waals surface area contributed by atoms with Crippen LogP contribution in [0.4, 0.5) is 0 Å². The minimum atomic E-state index is -4.95. The highest BCUT2D eigenvalue weighted by atomic mass is 31.2. The van der Waals surface area contributed by atoms with Crippen LogP contribution in [0.5, 0.6) is 0 Å². The normalized spacial score (nSPS) is 14.4. The van der Waals surface area contributed by atoms with E-state index in [0.717, 1.165) is 108 Å². The summed E-state index contributed by atoms with van der Waals surface area (Å²) >= 11 is 0. The van der Waals surface area contributed by atoms with Gasteiger partial charge in [0.2, 0.25) is 0 Å². The summed E-state index contributed by atoms with van der Waals surface area (Å²) in [5, 5.41) is 10.5. The molecule has 0 spiro atoms. The van der Waals surface area contributed by atoms with E-state index < -0.39 is 97.5 Å². The number of unbranched alkanes of at least 4 members (excludes halogenated alkanes) is 29. The number of carbonyl (C=O) groups is 4. The van der Waals surface area contributed by atoms with E-state index in [9.17, 15) is 43.2 Å². The summed E-state index contributed by atoms with van der Waals surface area (Å²) in [6.07, 6.45) is 36.5. The molecule has 504 valence electrons. The third-order valence-corrected chi connectivity index (χ3v) is 17.0. The quantitative estimate of drug-likeness (QED) is 0.0222. The predicted molar refractivity (Wildman–Crippen MR) is 340 cm³/mol. The molecular weight excluding hydrogens is 1130 g/mol. The van der Waals surface area contributed by atoms with Crippen molar-refractivity contribution in [2.75, 3.05) is 39.6 Å². The highest BCUT2D eigenvalue weighted by Crippen LogP contribution is 2.45. The number of hydrogen-bond donors (Lipinski definition) is 3. The Bertz CT molecular complexity index is 1700. The number of esters is 4. The SMILES string of the molecule is CC(C)CCCCCCCCCCCCCCC(=O)O[C@H](COC(=O)CCCCCCCCCC(C)C)COP(=O)(O)OCC(O)COP(=O)(O)OC[C@@H](COC(=O)CCCCCCCCCCC(C)C)OC(=O)CCCCCCCCC(C)C. The fraction of sp³-hybridized carbons (Fsp3) is 0.939. The van der Waals surface area contributed by atoms with Gasteiger partial charge in [-0.05, 0) is 49.4 Å². The van der Waals surface area contributed by atoms with Crippen LogP contribution in [0, 0.1) is 23.7 Å². The summed E-state index contributed by atoms with van der Waals surface area (Å²) in [6.45, 7) is 13.9. The van der Waals surface area contributed by atoms with Crippen LogP contribution >= 0.6 is 15.6 Å². The van der Waals surface area contributed by atoms with Crippen LogP contribution in [0.1, 0.15) is 319 Å². The summed E-state index contributed by atoms with van der Waals surface area (Å²) in [5.74, 6) is 0.737. The van der Waals surface area contributed by atoms with E-state index in [0.29, 0.717) is 37.5 Å². The van der Waals surface area contributed by atoms with Gasteiger partial charge < -0.3 is 33.8 Å². The molecule has 0 aliphatic heterocycles. The Morgan fingerprint density at radius 2 is 0.494 bits per heavy atom. The zero-order chi connectivity index (χ0) is 63.2. The molecule has 3 N–H and O–H groups in total. The molecule has 19 heteroatoms. The first-order chi connectivity index (χ1) is 40.6. The number of aliphatic hydroxyl groups is 1. The van der Waals surface area contributed by atoms with Gasteiger partial charge in [-0.15, -0.1) is 0 Å². The van der Waals surface area contributed by atoms with Crippen molar-refractivity contribution < 1.29 is 80.2 Å². The van der Waals surface area contributed by atoms with Crippen molar-refractivity contribution in [3.8, 4) is 0 Å². The van der Waals surface area contributed by atoms with Crippen LogP contribution in [-0.2, 0) is 65.4 Å². The van der Waals surface area contributed by atoms with Crippen molar-refractivity contribution in [1.82, 2.24) is 0 Å².